The van der Waals surface area contributed by atoms with Gasteiger partial charge in [0.2, 0.25) is 5.91 Å². The number of unbranched alkanes of at least 4 members (excludes halogenated alkanes) is 23. The summed E-state index contributed by atoms with van der Waals surface area (Å²) in [5.41, 5.74) is 0. The van der Waals surface area contributed by atoms with Crippen LogP contribution in [-0.4, -0.2) is 140 Å². The second-order valence-electron chi connectivity index (χ2n) is 20.7. The van der Waals surface area contributed by atoms with Crippen molar-refractivity contribution in [1.82, 2.24) is 5.32 Å². The number of carbonyl (C=O) groups excluding carboxylic acids is 1. The molecule has 14 heteroatoms. The second-order valence-corrected chi connectivity index (χ2v) is 20.7. The smallest absolute Gasteiger partial charge is 0.220 e. The maximum atomic E-state index is 13.2. The van der Waals surface area contributed by atoms with Crippen molar-refractivity contribution < 1.29 is 64.6 Å². The first-order chi connectivity index (χ1) is 36.6. The highest BCUT2D eigenvalue weighted by molar-refractivity contribution is 5.76. The molecule has 14 nitrogen and oxygen atoms in total. The summed E-state index contributed by atoms with van der Waals surface area (Å²) in [6.07, 6.45) is 43.7. The average molecular weight is 1060 g/mol. The van der Waals surface area contributed by atoms with Crippen LogP contribution in [0, 0.1) is 0 Å². The number of rotatable bonds is 46. The summed E-state index contributed by atoms with van der Waals surface area (Å²) in [4.78, 5) is 13.2. The van der Waals surface area contributed by atoms with Crippen molar-refractivity contribution in [3.63, 3.8) is 0 Å². The Balaban J connectivity index is 1.80. The molecule has 2 aliphatic rings. The van der Waals surface area contributed by atoms with E-state index >= 15 is 0 Å². The van der Waals surface area contributed by atoms with Gasteiger partial charge in [0.15, 0.2) is 12.6 Å². The zero-order valence-corrected chi connectivity index (χ0v) is 46.5. The Kier molecular flexibility index (Phi) is 42.4. The molecule has 0 spiro atoms. The first-order valence-electron chi connectivity index (χ1n) is 29.7. The van der Waals surface area contributed by atoms with Gasteiger partial charge in [-0.1, -0.05) is 202 Å². The quantitative estimate of drug-likeness (QED) is 0.0205. The summed E-state index contributed by atoms with van der Waals surface area (Å²) < 4.78 is 22.7. The van der Waals surface area contributed by atoms with Crippen LogP contribution in [0.3, 0.4) is 0 Å². The fourth-order valence-corrected chi connectivity index (χ4v) is 9.34. The molecule has 0 radical (unpaired) electrons. The summed E-state index contributed by atoms with van der Waals surface area (Å²) in [6, 6.07) is -0.947. The van der Waals surface area contributed by atoms with E-state index in [-0.39, 0.29) is 18.9 Å². The Hall–Kier alpha value is -2.57. The van der Waals surface area contributed by atoms with Crippen LogP contribution in [0.1, 0.15) is 213 Å². The van der Waals surface area contributed by atoms with Gasteiger partial charge in [-0.05, 0) is 77.0 Å². The zero-order chi connectivity index (χ0) is 54.6. The van der Waals surface area contributed by atoms with Gasteiger partial charge >= 0.3 is 0 Å². The number of hydrogen-bond acceptors (Lipinski definition) is 13. The van der Waals surface area contributed by atoms with E-state index in [2.05, 4.69) is 79.9 Å². The number of carbonyl (C=O) groups is 1. The minimum atomic E-state index is -1.80. The van der Waals surface area contributed by atoms with Gasteiger partial charge < -0.3 is 65.1 Å². The van der Waals surface area contributed by atoms with Crippen LogP contribution in [0.15, 0.2) is 72.9 Å². The molecule has 0 bridgehead atoms. The minimum absolute atomic E-state index is 0.255. The van der Waals surface area contributed by atoms with Crippen LogP contribution in [0.2, 0.25) is 0 Å². The maximum absolute atomic E-state index is 13.2. The van der Waals surface area contributed by atoms with Crippen molar-refractivity contribution in [2.45, 2.75) is 286 Å². The van der Waals surface area contributed by atoms with E-state index in [0.29, 0.717) is 12.8 Å². The molecule has 75 heavy (non-hydrogen) atoms. The Morgan fingerprint density at radius 3 is 1.47 bits per heavy atom. The molecule has 2 fully saturated rings. The Morgan fingerprint density at radius 2 is 0.933 bits per heavy atom. The lowest BCUT2D eigenvalue weighted by molar-refractivity contribution is -0.359. The third-order valence-corrected chi connectivity index (χ3v) is 14.1. The minimum Gasteiger partial charge on any atom is -0.394 e. The number of allylic oxidation sites excluding steroid dienone is 11. The van der Waals surface area contributed by atoms with Crippen LogP contribution < -0.4 is 5.32 Å². The van der Waals surface area contributed by atoms with Gasteiger partial charge in [0.05, 0.1) is 32.0 Å². The van der Waals surface area contributed by atoms with E-state index in [1.165, 1.54) is 96.3 Å². The molecule has 2 aliphatic heterocycles. The molecule has 12 atom stereocenters. The first kappa shape index (κ1) is 68.5. The largest absolute Gasteiger partial charge is 0.394 e. The summed E-state index contributed by atoms with van der Waals surface area (Å²) in [7, 11) is 0. The van der Waals surface area contributed by atoms with Crippen molar-refractivity contribution in [2.75, 3.05) is 19.8 Å². The molecule has 2 saturated heterocycles. The topological polar surface area (TPSA) is 228 Å². The lowest BCUT2D eigenvalue weighted by Gasteiger charge is -2.46. The summed E-state index contributed by atoms with van der Waals surface area (Å²) in [5.74, 6) is -0.266. The van der Waals surface area contributed by atoms with Crippen LogP contribution in [0.5, 0.6) is 0 Å². The molecule has 0 aromatic rings. The first-order valence-corrected chi connectivity index (χ1v) is 29.7. The molecular formula is C61H107NO13. The Labute approximate surface area is 453 Å². The number of aliphatic hydroxyl groups is 8. The molecule has 2 heterocycles. The van der Waals surface area contributed by atoms with Gasteiger partial charge in [0, 0.05) is 6.42 Å². The third-order valence-electron chi connectivity index (χ3n) is 14.1. The predicted molar refractivity (Wildman–Crippen MR) is 300 cm³/mol. The van der Waals surface area contributed by atoms with E-state index in [1.54, 1.807) is 6.08 Å². The lowest BCUT2D eigenvalue weighted by atomic mass is 9.97. The third kappa shape index (κ3) is 32.2. The highest BCUT2D eigenvalue weighted by Gasteiger charge is 2.51. The molecule has 434 valence electrons. The summed E-state index contributed by atoms with van der Waals surface area (Å²) >= 11 is 0. The number of amides is 1. The van der Waals surface area contributed by atoms with Gasteiger partial charge in [-0.2, -0.15) is 0 Å². The molecule has 0 saturated carbocycles. The fourth-order valence-electron chi connectivity index (χ4n) is 9.34. The monoisotopic (exact) mass is 1060 g/mol. The summed E-state index contributed by atoms with van der Waals surface area (Å²) in [5, 5.41) is 87.0. The van der Waals surface area contributed by atoms with Crippen molar-refractivity contribution in [3.8, 4) is 0 Å². The molecule has 0 aliphatic carbocycles. The second kappa shape index (κ2) is 46.4. The van der Waals surface area contributed by atoms with E-state index in [0.717, 1.165) is 83.5 Å². The highest BCUT2D eigenvalue weighted by atomic mass is 16.7. The van der Waals surface area contributed by atoms with Gasteiger partial charge in [-0.25, -0.2) is 0 Å². The molecule has 9 N–H and O–H groups in total. The molecule has 1 amide bonds. The van der Waals surface area contributed by atoms with Crippen molar-refractivity contribution in [2.24, 2.45) is 0 Å². The lowest BCUT2D eigenvalue weighted by Crippen LogP contribution is -2.65. The van der Waals surface area contributed by atoms with E-state index in [1.807, 2.05) is 6.08 Å². The van der Waals surface area contributed by atoms with E-state index in [4.69, 9.17) is 18.9 Å². The Morgan fingerprint density at radius 1 is 0.493 bits per heavy atom. The van der Waals surface area contributed by atoms with Gasteiger partial charge in [0.1, 0.15) is 48.8 Å². The van der Waals surface area contributed by atoms with Crippen LogP contribution in [0.25, 0.3) is 0 Å². The molecule has 0 aromatic carbocycles. The van der Waals surface area contributed by atoms with Gasteiger partial charge in [-0.15, -0.1) is 0 Å². The van der Waals surface area contributed by atoms with Crippen LogP contribution in [0.4, 0.5) is 0 Å². The number of nitrogens with one attached hydrogen (secondary N) is 1. The van der Waals surface area contributed by atoms with E-state index < -0.39 is 86.8 Å². The van der Waals surface area contributed by atoms with Crippen molar-refractivity contribution in [1.29, 1.82) is 0 Å². The predicted octanol–water partition coefficient (Wildman–Crippen LogP) is 9.94. The van der Waals surface area contributed by atoms with Crippen LogP contribution in [-0.2, 0) is 23.7 Å². The highest BCUT2D eigenvalue weighted by Crippen LogP contribution is 2.30. The SMILES string of the molecule is CC/C=C\C/C=C\C/C=C\CCCCCCCCCC(=O)NC(COC1OC(CO)C(OC2OC(CO)C(O)C(O)C2O)C(O)C1O)C(O)/C=C/CC/C=C/CC/C=C/CCCCCCCCCCCCCCCC. The van der Waals surface area contributed by atoms with Gasteiger partial charge in [0.25, 0.3) is 0 Å². The fraction of sp³-hybridized carbons (Fsp3) is 0.787. The number of ether oxygens (including phenoxy) is 4. The zero-order valence-electron chi connectivity index (χ0n) is 46.5. The van der Waals surface area contributed by atoms with Crippen molar-refractivity contribution in [3.05, 3.63) is 72.9 Å². The number of hydrogen-bond donors (Lipinski definition) is 9. The molecule has 0 aromatic heterocycles. The average Bonchev–Trinajstić information content (AvgIpc) is 3.41. The molecule has 2 rings (SSSR count). The van der Waals surface area contributed by atoms with E-state index in [9.17, 15) is 45.6 Å². The number of aliphatic hydroxyl groups excluding tert-OH is 8. The molecule has 12 unspecified atom stereocenters. The normalized spacial score (nSPS) is 25.6. The standard InChI is InChI=1S/C61H107NO13/c1-3-5-7-9-11-13-15-17-19-21-22-23-24-25-26-27-29-30-32-34-36-38-40-42-44-50(65)49(62-53(66)45-43-41-39-37-35-33-31-28-20-18-16-14-12-10-8-6-4-2)48-72-60-58(71)56(69)59(52(47-64)74-60)75-61-57(70)55(68)54(67)51(46-63)73-61/h6,8,12,14,18,20,27,29,34,36,42,44,49-52,54-61,63-65,67-71H,3-5,7,9-11,13,15-17,19,21-26,28,30-33,35,37-41,43,45-48H2,1-2H3,(H,62,66)/b8-6-,14-12-,20-18-,29-27+,36-34+,44-42+. The van der Waals surface area contributed by atoms with Crippen molar-refractivity contribution >= 4 is 5.91 Å². The summed E-state index contributed by atoms with van der Waals surface area (Å²) in [6.45, 7) is 2.65. The van der Waals surface area contributed by atoms with Crippen LogP contribution >= 0.6 is 0 Å². The van der Waals surface area contributed by atoms with Gasteiger partial charge in [-0.3, -0.25) is 4.79 Å². The molecular weight excluding hydrogens is 955 g/mol. The Bertz CT molecular complexity index is 1530. The maximum Gasteiger partial charge on any atom is 0.220 e.